The SMILES string of the molecule is [C-]#[N+]c1sc2nc(Cc3ccc(OC)c(OC)c3)nc(N(C)CCO)c2c1C. The molecule has 1 N–H and O–H groups in total. The molecule has 3 aromatic rings. The molecule has 2 aromatic heterocycles. The number of likely N-dealkylation sites (N-methyl/N-ethyl adjacent to an activating group) is 1. The Balaban J connectivity index is 2.08. The van der Waals surface area contributed by atoms with Crippen molar-refractivity contribution >= 4 is 32.4 Å². The van der Waals surface area contributed by atoms with Crippen molar-refractivity contribution in [3.05, 3.63) is 46.6 Å². The van der Waals surface area contributed by atoms with Crippen LogP contribution in [0.15, 0.2) is 18.2 Å². The molecule has 0 unspecified atom stereocenters. The second-order valence-electron chi connectivity index (χ2n) is 6.30. The summed E-state index contributed by atoms with van der Waals surface area (Å²) in [5, 5.41) is 10.8. The standard InChI is InChI=1S/C20H22N4O3S/c1-12-17-18(24(3)8-9-25)22-16(23-20(17)28-19(12)21-2)11-13-6-7-14(26-4)15(10-13)27-5/h6-7,10,25H,8-9,11H2,1,3-5H3. The van der Waals surface area contributed by atoms with Crippen molar-refractivity contribution in [2.45, 2.75) is 13.3 Å². The van der Waals surface area contributed by atoms with Crippen molar-refractivity contribution < 1.29 is 14.6 Å². The fraction of sp³-hybridized carbons (Fsp3) is 0.350. The van der Waals surface area contributed by atoms with Crippen molar-refractivity contribution in [2.24, 2.45) is 0 Å². The van der Waals surface area contributed by atoms with Crippen LogP contribution in [0, 0.1) is 13.5 Å². The third kappa shape index (κ3) is 3.72. The number of aromatic nitrogens is 2. The summed E-state index contributed by atoms with van der Waals surface area (Å²) in [6, 6.07) is 5.72. The molecule has 0 spiro atoms. The van der Waals surface area contributed by atoms with Crippen LogP contribution in [0.3, 0.4) is 0 Å². The number of aliphatic hydroxyl groups excluding tert-OH is 1. The molecule has 0 saturated heterocycles. The van der Waals surface area contributed by atoms with E-state index in [1.165, 1.54) is 11.3 Å². The molecule has 0 amide bonds. The van der Waals surface area contributed by atoms with Gasteiger partial charge in [-0.25, -0.2) is 14.8 Å². The summed E-state index contributed by atoms with van der Waals surface area (Å²) in [5.74, 6) is 2.71. The van der Waals surface area contributed by atoms with E-state index >= 15 is 0 Å². The fourth-order valence-electron chi connectivity index (χ4n) is 3.04. The number of ether oxygens (including phenoxy) is 2. The predicted octanol–water partition coefficient (Wildman–Crippen LogP) is 3.59. The highest BCUT2D eigenvalue weighted by molar-refractivity contribution is 7.22. The summed E-state index contributed by atoms with van der Waals surface area (Å²) in [4.78, 5) is 15.8. The molecular formula is C20H22N4O3S. The number of aliphatic hydroxyl groups is 1. The van der Waals surface area contributed by atoms with Crippen LogP contribution < -0.4 is 14.4 Å². The Morgan fingerprint density at radius 2 is 1.96 bits per heavy atom. The van der Waals surface area contributed by atoms with Crippen LogP contribution in [0.4, 0.5) is 10.8 Å². The van der Waals surface area contributed by atoms with E-state index in [2.05, 4.69) is 4.85 Å². The minimum atomic E-state index is 0.0197. The lowest BCUT2D eigenvalue weighted by Gasteiger charge is -2.19. The van der Waals surface area contributed by atoms with Crippen LogP contribution in [0.2, 0.25) is 0 Å². The molecule has 0 radical (unpaired) electrons. The molecule has 0 saturated carbocycles. The summed E-state index contributed by atoms with van der Waals surface area (Å²) in [6.07, 6.45) is 0.514. The maximum atomic E-state index is 9.35. The van der Waals surface area contributed by atoms with Crippen LogP contribution in [-0.2, 0) is 6.42 Å². The minimum Gasteiger partial charge on any atom is -0.493 e. The second-order valence-corrected chi connectivity index (χ2v) is 7.28. The van der Waals surface area contributed by atoms with Crippen LogP contribution >= 0.6 is 11.3 Å². The summed E-state index contributed by atoms with van der Waals surface area (Å²) in [7, 11) is 5.09. The molecule has 0 aliphatic carbocycles. The largest absolute Gasteiger partial charge is 0.493 e. The maximum Gasteiger partial charge on any atom is 0.246 e. The average Bonchev–Trinajstić information content (AvgIpc) is 3.03. The first-order valence-corrected chi connectivity index (χ1v) is 9.54. The van der Waals surface area contributed by atoms with Crippen LogP contribution in [0.25, 0.3) is 15.1 Å². The van der Waals surface area contributed by atoms with Gasteiger partial charge in [-0.1, -0.05) is 6.07 Å². The molecule has 3 rings (SSSR count). The predicted molar refractivity (Wildman–Crippen MR) is 111 cm³/mol. The molecule has 2 heterocycles. The van der Waals surface area contributed by atoms with Gasteiger partial charge in [0, 0.05) is 25.4 Å². The van der Waals surface area contributed by atoms with Crippen molar-refractivity contribution in [1.29, 1.82) is 0 Å². The van der Waals surface area contributed by atoms with E-state index < -0.39 is 0 Å². The highest BCUT2D eigenvalue weighted by Gasteiger charge is 2.19. The molecular weight excluding hydrogens is 376 g/mol. The van der Waals surface area contributed by atoms with Crippen molar-refractivity contribution in [3.63, 3.8) is 0 Å². The first-order valence-electron chi connectivity index (χ1n) is 8.72. The smallest absolute Gasteiger partial charge is 0.246 e. The zero-order valence-electron chi connectivity index (χ0n) is 16.3. The number of aryl methyl sites for hydroxylation is 1. The Morgan fingerprint density at radius 3 is 2.61 bits per heavy atom. The number of benzene rings is 1. The minimum absolute atomic E-state index is 0.0197. The molecule has 0 atom stereocenters. The Morgan fingerprint density at radius 1 is 1.21 bits per heavy atom. The lowest BCUT2D eigenvalue weighted by atomic mass is 10.1. The van der Waals surface area contributed by atoms with E-state index in [1.807, 2.05) is 37.1 Å². The molecule has 8 heteroatoms. The monoisotopic (exact) mass is 398 g/mol. The van der Waals surface area contributed by atoms with E-state index in [-0.39, 0.29) is 6.61 Å². The van der Waals surface area contributed by atoms with Gasteiger partial charge in [0.15, 0.2) is 11.5 Å². The van der Waals surface area contributed by atoms with Gasteiger partial charge in [0.2, 0.25) is 5.00 Å². The quantitative estimate of drug-likeness (QED) is 0.613. The molecule has 0 fully saturated rings. The highest BCUT2D eigenvalue weighted by Crippen LogP contribution is 2.40. The number of nitrogens with zero attached hydrogens (tertiary/aromatic N) is 4. The number of fused-ring (bicyclic) bond motifs is 1. The van der Waals surface area contributed by atoms with Crippen molar-refractivity contribution in [1.82, 2.24) is 9.97 Å². The molecule has 0 aliphatic rings. The van der Waals surface area contributed by atoms with E-state index in [0.29, 0.717) is 35.3 Å². The van der Waals surface area contributed by atoms with E-state index in [0.717, 1.165) is 27.2 Å². The number of rotatable bonds is 7. The number of hydrogen-bond acceptors (Lipinski definition) is 7. The number of hydrogen-bond donors (Lipinski definition) is 1. The van der Waals surface area contributed by atoms with E-state index in [1.54, 1.807) is 14.2 Å². The normalized spacial score (nSPS) is 10.7. The van der Waals surface area contributed by atoms with Gasteiger partial charge in [-0.05, 0) is 30.2 Å². The van der Waals surface area contributed by atoms with Gasteiger partial charge in [-0.2, -0.15) is 0 Å². The third-order valence-electron chi connectivity index (χ3n) is 4.50. The van der Waals surface area contributed by atoms with Gasteiger partial charge in [0.05, 0.1) is 27.4 Å². The summed E-state index contributed by atoms with van der Waals surface area (Å²) >= 11 is 1.37. The van der Waals surface area contributed by atoms with Crippen molar-refractivity contribution in [3.8, 4) is 11.5 Å². The molecule has 7 nitrogen and oxygen atoms in total. The Labute approximate surface area is 168 Å². The third-order valence-corrected chi connectivity index (χ3v) is 5.58. The first kappa shape index (κ1) is 19.9. The molecule has 28 heavy (non-hydrogen) atoms. The molecule has 0 bridgehead atoms. The lowest BCUT2D eigenvalue weighted by molar-refractivity contribution is 0.304. The number of methoxy groups -OCH3 is 2. The molecule has 0 aliphatic heterocycles. The number of thiophene rings is 1. The van der Waals surface area contributed by atoms with Gasteiger partial charge in [-0.3, -0.25) is 0 Å². The highest BCUT2D eigenvalue weighted by atomic mass is 32.1. The topological polar surface area (TPSA) is 72.1 Å². The lowest BCUT2D eigenvalue weighted by Crippen LogP contribution is -2.23. The Hall–Kier alpha value is -2.89. The maximum absolute atomic E-state index is 9.35. The summed E-state index contributed by atoms with van der Waals surface area (Å²) < 4.78 is 10.7. The second kappa shape index (κ2) is 8.42. The molecule has 1 aromatic carbocycles. The van der Waals surface area contributed by atoms with E-state index in [9.17, 15) is 5.11 Å². The summed E-state index contributed by atoms with van der Waals surface area (Å²) in [5.41, 5.74) is 1.87. The zero-order chi connectivity index (χ0) is 20.3. The van der Waals surface area contributed by atoms with Gasteiger partial charge in [-0.15, -0.1) is 11.3 Å². The number of anilines is 1. The Bertz CT molecular complexity index is 1040. The van der Waals surface area contributed by atoms with Crippen LogP contribution in [0.5, 0.6) is 11.5 Å². The Kier molecular flexibility index (Phi) is 5.97. The fourth-order valence-corrected chi connectivity index (χ4v) is 4.02. The van der Waals surface area contributed by atoms with Gasteiger partial charge < -0.3 is 19.5 Å². The van der Waals surface area contributed by atoms with Crippen molar-refractivity contribution in [2.75, 3.05) is 39.3 Å². The zero-order valence-corrected chi connectivity index (χ0v) is 17.1. The molecule has 146 valence electrons. The van der Waals surface area contributed by atoms with Crippen LogP contribution in [-0.4, -0.2) is 49.5 Å². The van der Waals surface area contributed by atoms with Gasteiger partial charge in [0.1, 0.15) is 16.5 Å². The van der Waals surface area contributed by atoms with Crippen LogP contribution in [0.1, 0.15) is 17.0 Å². The van der Waals surface area contributed by atoms with Gasteiger partial charge in [0.25, 0.3) is 0 Å². The van der Waals surface area contributed by atoms with Gasteiger partial charge >= 0.3 is 0 Å². The first-order chi connectivity index (χ1) is 13.5. The summed E-state index contributed by atoms with van der Waals surface area (Å²) in [6.45, 7) is 9.79. The average molecular weight is 398 g/mol. The van der Waals surface area contributed by atoms with E-state index in [4.69, 9.17) is 26.0 Å².